The van der Waals surface area contributed by atoms with Gasteiger partial charge in [0.05, 0.1) is 19.0 Å². The van der Waals surface area contributed by atoms with E-state index in [1.165, 1.54) is 38.6 Å². The van der Waals surface area contributed by atoms with E-state index in [0.29, 0.717) is 0 Å². The Hall–Kier alpha value is 0.230. The number of fused-ring (bicyclic) bond motifs is 1. The van der Waals surface area contributed by atoms with Crippen LogP contribution in [0.4, 0.5) is 0 Å². The fraction of sp³-hybridized carbons (Fsp3) is 1.00. The molecule has 2 aliphatic rings. The van der Waals surface area contributed by atoms with Crippen molar-refractivity contribution in [2.45, 2.75) is 57.6 Å². The number of nitrogens with zero attached hydrogens (tertiary/aromatic N) is 1. The Bertz CT molecular complexity index is 299. The number of hydrogen-bond acceptors (Lipinski definition) is 3. The monoisotopic (exact) mass is 289 g/mol. The van der Waals surface area contributed by atoms with Crippen LogP contribution in [0.25, 0.3) is 0 Å². The highest BCUT2D eigenvalue weighted by Crippen LogP contribution is 2.63. The molecule has 0 amide bonds. The smallest absolute Gasteiger partial charge is 0.0669 e. The van der Waals surface area contributed by atoms with Gasteiger partial charge >= 0.3 is 0 Å². The summed E-state index contributed by atoms with van der Waals surface area (Å²) in [5.41, 5.74) is 0. The molecule has 2 rings (SSSR count). The number of piperidine rings is 1. The van der Waals surface area contributed by atoms with E-state index >= 15 is 0 Å². The van der Waals surface area contributed by atoms with Crippen LogP contribution in [-0.4, -0.2) is 36.4 Å². The van der Waals surface area contributed by atoms with Crippen molar-refractivity contribution in [3.8, 4) is 0 Å². The maximum absolute atomic E-state index is 5.96. The van der Waals surface area contributed by atoms with E-state index in [-0.39, 0.29) is 4.75 Å². The van der Waals surface area contributed by atoms with Crippen molar-refractivity contribution in [2.75, 3.05) is 27.3 Å². The summed E-state index contributed by atoms with van der Waals surface area (Å²) >= 11 is 0. The van der Waals surface area contributed by atoms with Crippen molar-refractivity contribution >= 4 is 10.8 Å². The lowest BCUT2D eigenvalue weighted by Crippen LogP contribution is -2.48. The molecule has 0 aromatic carbocycles. The summed E-state index contributed by atoms with van der Waals surface area (Å²) in [7, 11) is 2.03. The molecular formula is C15H31NO2S. The van der Waals surface area contributed by atoms with Gasteiger partial charge < -0.3 is 0 Å². The fourth-order valence-electron chi connectivity index (χ4n) is 3.95. The zero-order chi connectivity index (χ0) is 14.1. The Balaban J connectivity index is 2.15. The number of hydrogen-bond donors (Lipinski definition) is 0. The van der Waals surface area contributed by atoms with Crippen LogP contribution in [0.3, 0.4) is 0 Å². The van der Waals surface area contributed by atoms with Gasteiger partial charge in [-0.05, 0) is 45.4 Å². The number of rotatable bonds is 3. The average molecular weight is 289 g/mol. The molecule has 1 aliphatic carbocycles. The predicted octanol–water partition coefficient (Wildman–Crippen LogP) is 4.14. The molecule has 0 aromatic rings. The van der Waals surface area contributed by atoms with E-state index in [2.05, 4.69) is 25.1 Å². The Morgan fingerprint density at radius 1 is 0.947 bits per heavy atom. The van der Waals surface area contributed by atoms with Crippen LogP contribution in [0.2, 0.25) is 0 Å². The molecule has 1 heterocycles. The minimum Gasteiger partial charge on any atom is -0.273 e. The molecule has 0 N–H and O–H groups in total. The molecule has 4 heteroatoms. The summed E-state index contributed by atoms with van der Waals surface area (Å²) in [6, 6.07) is 0. The van der Waals surface area contributed by atoms with Gasteiger partial charge in [0.25, 0.3) is 0 Å². The highest BCUT2D eigenvalue weighted by Gasteiger charge is 2.43. The Morgan fingerprint density at radius 2 is 1.53 bits per heavy atom. The first-order chi connectivity index (χ1) is 8.94. The van der Waals surface area contributed by atoms with Crippen LogP contribution in [0.1, 0.15) is 52.9 Å². The fourth-order valence-corrected chi connectivity index (χ4v) is 7.02. The molecule has 2 unspecified atom stereocenters. The third kappa shape index (κ3) is 2.82. The molecule has 114 valence electrons. The summed E-state index contributed by atoms with van der Waals surface area (Å²) in [4.78, 5) is 0. The van der Waals surface area contributed by atoms with E-state index in [4.69, 9.17) is 8.37 Å². The predicted molar refractivity (Wildman–Crippen MR) is 83.0 cm³/mol. The third-order valence-corrected chi connectivity index (χ3v) is 8.28. The summed E-state index contributed by atoms with van der Waals surface area (Å²) in [6.45, 7) is 9.02. The molecular weight excluding hydrogens is 258 g/mol. The second-order valence-corrected chi connectivity index (χ2v) is 10.3. The van der Waals surface area contributed by atoms with Crippen LogP contribution in [-0.2, 0) is 8.37 Å². The zero-order valence-electron chi connectivity index (χ0n) is 13.3. The summed E-state index contributed by atoms with van der Waals surface area (Å²) in [5, 5.41) is 0. The lowest BCUT2D eigenvalue weighted by atomic mass is 9.76. The SMILES string of the molecule is COS(OC)(N1CCC2CCCCC2C1)C(C)(C)C. The normalized spacial score (nSPS) is 31.0. The average Bonchev–Trinajstić information content (AvgIpc) is 2.39. The highest BCUT2D eigenvalue weighted by atomic mass is 32.3. The van der Waals surface area contributed by atoms with Crippen molar-refractivity contribution in [1.82, 2.24) is 4.31 Å². The van der Waals surface area contributed by atoms with Crippen molar-refractivity contribution in [3.63, 3.8) is 0 Å². The van der Waals surface area contributed by atoms with E-state index < -0.39 is 10.8 Å². The van der Waals surface area contributed by atoms with Crippen molar-refractivity contribution < 1.29 is 8.37 Å². The van der Waals surface area contributed by atoms with Gasteiger partial charge in [-0.25, -0.2) is 4.31 Å². The van der Waals surface area contributed by atoms with Gasteiger partial charge in [0, 0.05) is 13.1 Å². The van der Waals surface area contributed by atoms with E-state index in [1.807, 2.05) is 14.2 Å². The standard InChI is InChI=1S/C15H31NO2S/c1-15(2,3)19(17-4,18-5)16-11-10-13-8-6-7-9-14(13)12-16/h13-14H,6-12H2,1-5H3. The van der Waals surface area contributed by atoms with Gasteiger partial charge in [0.15, 0.2) is 0 Å². The van der Waals surface area contributed by atoms with Gasteiger partial charge in [-0.1, -0.05) is 19.3 Å². The Morgan fingerprint density at radius 3 is 2.05 bits per heavy atom. The summed E-state index contributed by atoms with van der Waals surface area (Å²) < 4.78 is 14.5. The van der Waals surface area contributed by atoms with E-state index in [0.717, 1.165) is 18.4 Å². The molecule has 2 fully saturated rings. The second kappa shape index (κ2) is 5.92. The van der Waals surface area contributed by atoms with Crippen LogP contribution < -0.4 is 0 Å². The largest absolute Gasteiger partial charge is 0.273 e. The third-order valence-electron chi connectivity index (χ3n) is 4.82. The quantitative estimate of drug-likeness (QED) is 0.779. The zero-order valence-corrected chi connectivity index (χ0v) is 14.1. The topological polar surface area (TPSA) is 21.7 Å². The molecule has 3 nitrogen and oxygen atoms in total. The molecule has 1 saturated carbocycles. The molecule has 0 aromatic heterocycles. The first-order valence-electron chi connectivity index (χ1n) is 7.64. The Kier molecular flexibility index (Phi) is 4.87. The van der Waals surface area contributed by atoms with Gasteiger partial charge in [-0.3, -0.25) is 8.37 Å². The minimum absolute atomic E-state index is 0.0258. The summed E-state index contributed by atoms with van der Waals surface area (Å²) in [6.07, 6.45) is 7.01. The lowest BCUT2D eigenvalue weighted by molar-refractivity contribution is 0.119. The molecule has 0 radical (unpaired) electrons. The van der Waals surface area contributed by atoms with Gasteiger partial charge in [-0.2, -0.15) is 0 Å². The first-order valence-corrected chi connectivity index (χ1v) is 9.08. The Labute approximate surface area is 120 Å². The molecule has 1 aliphatic heterocycles. The van der Waals surface area contributed by atoms with Gasteiger partial charge in [0.2, 0.25) is 0 Å². The molecule has 2 atom stereocenters. The molecule has 0 spiro atoms. The second-order valence-electron chi connectivity index (χ2n) is 6.90. The molecule has 0 bridgehead atoms. The van der Waals surface area contributed by atoms with Crippen molar-refractivity contribution in [1.29, 1.82) is 0 Å². The minimum atomic E-state index is -1.61. The van der Waals surface area contributed by atoms with Gasteiger partial charge in [-0.15, -0.1) is 10.8 Å². The van der Waals surface area contributed by atoms with Gasteiger partial charge in [0.1, 0.15) is 0 Å². The molecule has 19 heavy (non-hydrogen) atoms. The van der Waals surface area contributed by atoms with Crippen LogP contribution in [0.5, 0.6) is 0 Å². The summed E-state index contributed by atoms with van der Waals surface area (Å²) in [5.74, 6) is 1.82. The van der Waals surface area contributed by atoms with Crippen LogP contribution in [0, 0.1) is 11.8 Å². The van der Waals surface area contributed by atoms with Crippen LogP contribution >= 0.6 is 10.8 Å². The maximum Gasteiger partial charge on any atom is 0.0669 e. The molecule has 1 saturated heterocycles. The van der Waals surface area contributed by atoms with E-state index in [1.54, 1.807) is 0 Å². The van der Waals surface area contributed by atoms with E-state index in [9.17, 15) is 0 Å². The van der Waals surface area contributed by atoms with Crippen molar-refractivity contribution in [3.05, 3.63) is 0 Å². The van der Waals surface area contributed by atoms with Crippen LogP contribution in [0.15, 0.2) is 0 Å². The maximum atomic E-state index is 5.96. The highest BCUT2D eigenvalue weighted by molar-refractivity contribution is 8.24. The lowest BCUT2D eigenvalue weighted by Gasteiger charge is -2.59. The van der Waals surface area contributed by atoms with Crippen molar-refractivity contribution in [2.24, 2.45) is 11.8 Å². The first kappa shape index (κ1) is 15.6.